The van der Waals surface area contributed by atoms with Crippen molar-refractivity contribution in [3.05, 3.63) is 52.3 Å². The molecule has 1 heterocycles. The first-order valence-corrected chi connectivity index (χ1v) is 9.09. The minimum atomic E-state index is -0.971. The first-order chi connectivity index (χ1) is 13.0. The zero-order valence-corrected chi connectivity index (χ0v) is 16.4. The molecule has 6 nitrogen and oxygen atoms in total. The number of benzene rings is 2. The van der Waals surface area contributed by atoms with Crippen molar-refractivity contribution in [3.63, 3.8) is 0 Å². The van der Waals surface area contributed by atoms with Crippen molar-refractivity contribution in [2.75, 3.05) is 13.7 Å². The number of fused-ring (bicyclic) bond motifs is 1. The van der Waals surface area contributed by atoms with Gasteiger partial charge in [-0.25, -0.2) is 4.98 Å². The number of nitrogens with zero attached hydrogens (tertiary/aromatic N) is 1. The minimum absolute atomic E-state index is 0.222. The maximum Gasteiger partial charge on any atom is 0.308 e. The van der Waals surface area contributed by atoms with E-state index in [1.165, 1.54) is 0 Å². The molecule has 3 aromatic rings. The first kappa shape index (κ1) is 19.0. The second-order valence-corrected chi connectivity index (χ2v) is 6.55. The smallest absolute Gasteiger partial charge is 0.308 e. The fourth-order valence-electron chi connectivity index (χ4n) is 2.69. The molecule has 1 aromatic heterocycles. The lowest BCUT2D eigenvalue weighted by Gasteiger charge is -2.12. The van der Waals surface area contributed by atoms with Crippen LogP contribution in [-0.4, -0.2) is 29.8 Å². The van der Waals surface area contributed by atoms with Gasteiger partial charge in [-0.1, -0.05) is 12.1 Å². The molecule has 0 aliphatic heterocycles. The van der Waals surface area contributed by atoms with E-state index in [0.29, 0.717) is 39.3 Å². The van der Waals surface area contributed by atoms with E-state index >= 15 is 0 Å². The van der Waals surface area contributed by atoms with Gasteiger partial charge in [-0.05, 0) is 58.8 Å². The van der Waals surface area contributed by atoms with Crippen LogP contribution in [0, 0.1) is 0 Å². The summed E-state index contributed by atoms with van der Waals surface area (Å²) in [4.78, 5) is 15.8. The van der Waals surface area contributed by atoms with Gasteiger partial charge in [0.05, 0.1) is 24.6 Å². The number of hydrogen-bond donors (Lipinski definition) is 1. The van der Waals surface area contributed by atoms with Crippen molar-refractivity contribution >= 4 is 44.6 Å². The number of oxazole rings is 1. The van der Waals surface area contributed by atoms with Gasteiger partial charge in [-0.15, -0.1) is 0 Å². The third kappa shape index (κ3) is 4.31. The Bertz CT molecular complexity index is 976. The quantitative estimate of drug-likeness (QED) is 0.565. The van der Waals surface area contributed by atoms with Gasteiger partial charge < -0.3 is 19.0 Å². The van der Waals surface area contributed by atoms with Crippen molar-refractivity contribution in [1.82, 2.24) is 4.98 Å². The summed E-state index contributed by atoms with van der Waals surface area (Å²) in [7, 11) is 1.56. The summed E-state index contributed by atoms with van der Waals surface area (Å²) in [5.41, 5.74) is 2.48. The Balaban J connectivity index is 2.09. The van der Waals surface area contributed by atoms with Crippen LogP contribution < -0.4 is 9.47 Å². The standard InChI is InChI=1S/C20H18BrNO5/c1-3-26-17-10-12(9-14(21)19(17)25-2)8-13(11-18(23)24)20-22-15-6-4-5-7-16(15)27-20/h4-10H,3,11H2,1-2H3,(H,23,24)/b13-8+. The van der Waals surface area contributed by atoms with Crippen molar-refractivity contribution in [1.29, 1.82) is 0 Å². The van der Waals surface area contributed by atoms with Crippen molar-refractivity contribution in [2.45, 2.75) is 13.3 Å². The number of hydrogen-bond acceptors (Lipinski definition) is 5. The number of aliphatic carboxylic acids is 1. The molecule has 2 aromatic carbocycles. The number of para-hydroxylation sites is 2. The number of methoxy groups -OCH3 is 1. The van der Waals surface area contributed by atoms with E-state index in [2.05, 4.69) is 20.9 Å². The van der Waals surface area contributed by atoms with Crippen LogP contribution in [0.1, 0.15) is 24.8 Å². The molecule has 1 N–H and O–H groups in total. The van der Waals surface area contributed by atoms with Gasteiger partial charge in [0, 0.05) is 5.57 Å². The van der Waals surface area contributed by atoms with Gasteiger partial charge >= 0.3 is 5.97 Å². The summed E-state index contributed by atoms with van der Waals surface area (Å²) in [5, 5.41) is 9.31. The van der Waals surface area contributed by atoms with E-state index in [1.54, 1.807) is 25.3 Å². The summed E-state index contributed by atoms with van der Waals surface area (Å²) in [5.74, 6) is 0.452. The molecule has 0 aliphatic carbocycles. The summed E-state index contributed by atoms with van der Waals surface area (Å²) in [6.07, 6.45) is 1.51. The molecule has 0 saturated carbocycles. The molecule has 0 saturated heterocycles. The molecule has 140 valence electrons. The Morgan fingerprint density at radius 2 is 2.11 bits per heavy atom. The van der Waals surface area contributed by atoms with Crippen LogP contribution >= 0.6 is 15.9 Å². The predicted octanol–water partition coefficient (Wildman–Crippen LogP) is 5.01. The molecule has 0 unspecified atom stereocenters. The Hall–Kier alpha value is -2.80. The number of carboxylic acid groups (broad SMARTS) is 1. The molecular formula is C20H18BrNO5. The maximum absolute atomic E-state index is 11.4. The van der Waals surface area contributed by atoms with Crippen LogP contribution in [0.2, 0.25) is 0 Å². The molecule has 0 radical (unpaired) electrons. The Labute approximate surface area is 164 Å². The van der Waals surface area contributed by atoms with Crippen molar-refractivity contribution in [3.8, 4) is 11.5 Å². The minimum Gasteiger partial charge on any atom is -0.492 e. The van der Waals surface area contributed by atoms with Crippen LogP contribution in [0.3, 0.4) is 0 Å². The molecule has 7 heteroatoms. The molecule has 27 heavy (non-hydrogen) atoms. The lowest BCUT2D eigenvalue weighted by Crippen LogP contribution is -1.99. The number of rotatable bonds is 7. The zero-order chi connectivity index (χ0) is 19.4. The van der Waals surface area contributed by atoms with Crippen LogP contribution in [0.25, 0.3) is 22.7 Å². The summed E-state index contributed by atoms with van der Waals surface area (Å²) >= 11 is 3.46. The van der Waals surface area contributed by atoms with E-state index < -0.39 is 5.97 Å². The fourth-order valence-corrected chi connectivity index (χ4v) is 3.32. The number of halogens is 1. The fraction of sp³-hybridized carbons (Fsp3) is 0.200. The number of aromatic nitrogens is 1. The van der Waals surface area contributed by atoms with Crippen LogP contribution in [0.15, 0.2) is 45.3 Å². The third-order valence-corrected chi connectivity index (χ3v) is 4.38. The average molecular weight is 432 g/mol. The van der Waals surface area contributed by atoms with Gasteiger partial charge in [0.1, 0.15) is 5.52 Å². The van der Waals surface area contributed by atoms with E-state index in [4.69, 9.17) is 13.9 Å². The largest absolute Gasteiger partial charge is 0.492 e. The second-order valence-electron chi connectivity index (χ2n) is 5.69. The Kier molecular flexibility index (Phi) is 5.81. The molecule has 3 rings (SSSR count). The highest BCUT2D eigenvalue weighted by molar-refractivity contribution is 9.10. The highest BCUT2D eigenvalue weighted by Crippen LogP contribution is 2.38. The highest BCUT2D eigenvalue weighted by Gasteiger charge is 2.16. The topological polar surface area (TPSA) is 81.8 Å². The van der Waals surface area contributed by atoms with Crippen LogP contribution in [0.5, 0.6) is 11.5 Å². The Morgan fingerprint density at radius 1 is 1.33 bits per heavy atom. The monoisotopic (exact) mass is 431 g/mol. The SMILES string of the molecule is CCOc1cc(/C=C(\CC(=O)O)c2nc3ccccc3o2)cc(Br)c1OC. The first-order valence-electron chi connectivity index (χ1n) is 8.30. The lowest BCUT2D eigenvalue weighted by atomic mass is 10.1. The maximum atomic E-state index is 11.4. The summed E-state index contributed by atoms with van der Waals surface area (Å²) in [6, 6.07) is 10.9. The molecule has 0 atom stereocenters. The van der Waals surface area contributed by atoms with Gasteiger partial charge in [0.2, 0.25) is 5.89 Å². The van der Waals surface area contributed by atoms with Crippen molar-refractivity contribution in [2.24, 2.45) is 0 Å². The van der Waals surface area contributed by atoms with E-state index in [9.17, 15) is 9.90 Å². The number of carboxylic acids is 1. The Morgan fingerprint density at radius 3 is 2.78 bits per heavy atom. The second kappa shape index (κ2) is 8.26. The zero-order valence-electron chi connectivity index (χ0n) is 14.9. The van der Waals surface area contributed by atoms with E-state index in [0.717, 1.165) is 5.56 Å². The summed E-state index contributed by atoms with van der Waals surface area (Å²) < 4.78 is 17.4. The van der Waals surface area contributed by atoms with Gasteiger partial charge in [0.25, 0.3) is 0 Å². The molecule has 0 aliphatic rings. The third-order valence-electron chi connectivity index (χ3n) is 3.79. The van der Waals surface area contributed by atoms with Gasteiger partial charge in [0.15, 0.2) is 17.1 Å². The average Bonchev–Trinajstić information content (AvgIpc) is 3.05. The normalized spacial score (nSPS) is 11.6. The van der Waals surface area contributed by atoms with Crippen molar-refractivity contribution < 1.29 is 23.8 Å². The van der Waals surface area contributed by atoms with E-state index in [1.807, 2.05) is 31.2 Å². The van der Waals surface area contributed by atoms with Crippen LogP contribution in [-0.2, 0) is 4.79 Å². The molecule has 0 bridgehead atoms. The molecule has 0 fully saturated rings. The molecule has 0 amide bonds. The predicted molar refractivity (Wildman–Crippen MR) is 106 cm³/mol. The molecular weight excluding hydrogens is 414 g/mol. The van der Waals surface area contributed by atoms with Crippen LogP contribution in [0.4, 0.5) is 0 Å². The van der Waals surface area contributed by atoms with Gasteiger partial charge in [-0.3, -0.25) is 4.79 Å². The highest BCUT2D eigenvalue weighted by atomic mass is 79.9. The number of carbonyl (C=O) groups is 1. The number of ether oxygens (including phenoxy) is 2. The lowest BCUT2D eigenvalue weighted by molar-refractivity contribution is -0.135. The van der Waals surface area contributed by atoms with E-state index in [-0.39, 0.29) is 12.3 Å². The summed E-state index contributed by atoms with van der Waals surface area (Å²) in [6.45, 7) is 2.35. The van der Waals surface area contributed by atoms with Gasteiger partial charge in [-0.2, -0.15) is 0 Å². The molecule has 0 spiro atoms.